The van der Waals surface area contributed by atoms with E-state index in [9.17, 15) is 0 Å². The third-order valence-electron chi connectivity index (χ3n) is 4.16. The molecule has 0 amide bonds. The van der Waals surface area contributed by atoms with Crippen molar-refractivity contribution in [2.45, 2.75) is 18.9 Å². The van der Waals surface area contributed by atoms with Crippen LogP contribution in [-0.4, -0.2) is 62.3 Å². The van der Waals surface area contributed by atoms with E-state index in [0.717, 1.165) is 18.7 Å². The number of allylic oxidation sites excluding steroid dienone is 2. The summed E-state index contributed by atoms with van der Waals surface area (Å²) in [5.74, 6) is 0.687. The van der Waals surface area contributed by atoms with Gasteiger partial charge in [0.05, 0.1) is 0 Å². The molecule has 0 aliphatic carbocycles. The predicted octanol–water partition coefficient (Wildman–Crippen LogP) is 0.391. The van der Waals surface area contributed by atoms with Crippen LogP contribution < -0.4 is 4.90 Å². The summed E-state index contributed by atoms with van der Waals surface area (Å²) in [7, 11) is 0. The van der Waals surface area contributed by atoms with Gasteiger partial charge in [-0.1, -0.05) is 0 Å². The monoisotopic (exact) mass is 326 g/mol. The number of piperidine rings is 1. The molecule has 4 aliphatic rings. The molecule has 0 aromatic carbocycles. The van der Waals surface area contributed by atoms with Gasteiger partial charge in [-0.2, -0.15) is 0 Å². The Bertz CT molecular complexity index is 531. The van der Waals surface area contributed by atoms with E-state index in [0.29, 0.717) is 17.9 Å². The van der Waals surface area contributed by atoms with Crippen LogP contribution in [0.3, 0.4) is 0 Å². The number of hydrogen-bond donors (Lipinski definition) is 0. The Kier molecular flexibility index (Phi) is 2.94. The molecule has 0 atom stereocenters. The van der Waals surface area contributed by atoms with Crippen LogP contribution in [0.2, 0.25) is 0 Å². The van der Waals surface area contributed by atoms with Gasteiger partial charge in [0, 0.05) is 0 Å². The molecule has 0 N–H and O–H groups in total. The van der Waals surface area contributed by atoms with Gasteiger partial charge in [0.25, 0.3) is 0 Å². The summed E-state index contributed by atoms with van der Waals surface area (Å²) >= 11 is -0.0529. The second-order valence-corrected chi connectivity index (χ2v) is 7.26. The van der Waals surface area contributed by atoms with E-state index >= 15 is 0 Å². The first-order valence-corrected chi connectivity index (χ1v) is 9.28. The quantitative estimate of drug-likeness (QED) is 0.736. The minimum atomic E-state index is -0.0529. The Morgan fingerprint density at radius 1 is 1.16 bits per heavy atom. The van der Waals surface area contributed by atoms with Crippen LogP contribution in [0.4, 0.5) is 6.01 Å². The molecule has 102 valence electrons. The summed E-state index contributed by atoms with van der Waals surface area (Å²) in [6.45, 7) is 4.54. The fourth-order valence-corrected chi connectivity index (χ4v) is 4.66. The molecule has 5 heterocycles. The number of anilines is 1. The summed E-state index contributed by atoms with van der Waals surface area (Å²) < 4.78 is 5.90. The zero-order valence-electron chi connectivity index (χ0n) is 10.7. The van der Waals surface area contributed by atoms with Gasteiger partial charge in [-0.3, -0.25) is 0 Å². The molecule has 19 heavy (non-hydrogen) atoms. The van der Waals surface area contributed by atoms with E-state index in [4.69, 9.17) is 4.42 Å². The molecule has 0 saturated carbocycles. The van der Waals surface area contributed by atoms with Crippen molar-refractivity contribution in [3.8, 4) is 0 Å². The van der Waals surface area contributed by atoms with Crippen molar-refractivity contribution in [3.05, 3.63) is 21.9 Å². The molecule has 1 aromatic heterocycles. The summed E-state index contributed by atoms with van der Waals surface area (Å²) in [6, 6.07) is 1.29. The first-order valence-electron chi connectivity index (χ1n) is 6.86. The first kappa shape index (κ1) is 11.7. The molecule has 5 nitrogen and oxygen atoms in total. The molecule has 3 saturated heterocycles. The molecular weight excluding hydrogens is 307 g/mol. The third kappa shape index (κ3) is 2.14. The van der Waals surface area contributed by atoms with Crippen molar-refractivity contribution >= 4 is 26.5 Å². The molecule has 0 spiro atoms. The molecule has 5 rings (SSSR count). The molecule has 3 fully saturated rings. The van der Waals surface area contributed by atoms with E-state index in [-0.39, 0.29) is 15.0 Å². The maximum atomic E-state index is 5.90. The van der Waals surface area contributed by atoms with Crippen molar-refractivity contribution in [2.24, 2.45) is 0 Å². The fraction of sp³-hybridized carbons (Fsp3) is 0.538. The fourth-order valence-electron chi connectivity index (χ4n) is 3.04. The third-order valence-corrected chi connectivity index (χ3v) is 5.92. The summed E-state index contributed by atoms with van der Waals surface area (Å²) in [4.78, 5) is 9.33. The van der Waals surface area contributed by atoms with Crippen LogP contribution in [0, 0.1) is 0 Å². The molecule has 6 heteroatoms. The van der Waals surface area contributed by atoms with Gasteiger partial charge >= 0.3 is 118 Å². The van der Waals surface area contributed by atoms with Gasteiger partial charge in [0.15, 0.2) is 0 Å². The second-order valence-electron chi connectivity index (χ2n) is 5.26. The molecular formula is C13H18N4OSe. The van der Waals surface area contributed by atoms with Crippen LogP contribution in [-0.2, 0) is 0 Å². The Hall–Kier alpha value is -1.10. The van der Waals surface area contributed by atoms with E-state index in [1.165, 1.54) is 25.9 Å². The van der Waals surface area contributed by atoms with Gasteiger partial charge in [0.1, 0.15) is 0 Å². The van der Waals surface area contributed by atoms with Crippen LogP contribution >= 0.6 is 0 Å². The van der Waals surface area contributed by atoms with Crippen LogP contribution in [0.25, 0.3) is 5.57 Å². The van der Waals surface area contributed by atoms with Crippen LogP contribution in [0.1, 0.15) is 18.7 Å². The van der Waals surface area contributed by atoms with Gasteiger partial charge in [0.2, 0.25) is 0 Å². The Morgan fingerprint density at radius 3 is 2.84 bits per heavy atom. The first-order chi connectivity index (χ1) is 9.40. The zero-order chi connectivity index (χ0) is 12.7. The van der Waals surface area contributed by atoms with E-state index in [2.05, 4.69) is 36.0 Å². The summed E-state index contributed by atoms with van der Waals surface area (Å²) in [5, 5.41) is 8.49. The number of rotatable bonds is 2. The van der Waals surface area contributed by atoms with Gasteiger partial charge < -0.3 is 0 Å². The van der Waals surface area contributed by atoms with Gasteiger partial charge in [-0.05, 0) is 0 Å². The Labute approximate surface area is 118 Å². The Morgan fingerprint density at radius 2 is 2.05 bits per heavy atom. The van der Waals surface area contributed by atoms with Crippen molar-refractivity contribution < 1.29 is 4.42 Å². The second kappa shape index (κ2) is 4.78. The van der Waals surface area contributed by atoms with Crippen molar-refractivity contribution in [1.82, 2.24) is 15.1 Å². The van der Waals surface area contributed by atoms with Gasteiger partial charge in [-0.25, -0.2) is 0 Å². The molecule has 0 unspecified atom stereocenters. The zero-order valence-corrected chi connectivity index (χ0v) is 12.8. The van der Waals surface area contributed by atoms with Gasteiger partial charge in [-0.15, -0.1) is 0 Å². The number of aromatic nitrogens is 2. The van der Waals surface area contributed by atoms with Crippen molar-refractivity contribution in [2.75, 3.05) is 31.1 Å². The summed E-state index contributed by atoms with van der Waals surface area (Å²) in [5.41, 5.74) is 1.11. The van der Waals surface area contributed by atoms with Crippen LogP contribution in [0.15, 0.2) is 20.4 Å². The molecule has 4 aliphatic heterocycles. The topological polar surface area (TPSA) is 45.4 Å². The molecule has 2 bridgehead atoms. The number of hydrogen-bond acceptors (Lipinski definition) is 5. The Balaban J connectivity index is 1.60. The average Bonchev–Trinajstić information content (AvgIpc) is 3.05. The minimum absolute atomic E-state index is 0.0529. The average molecular weight is 325 g/mol. The van der Waals surface area contributed by atoms with E-state index in [1.807, 2.05) is 0 Å². The van der Waals surface area contributed by atoms with Crippen molar-refractivity contribution in [1.29, 1.82) is 0 Å². The SMILES string of the molecule is C1=CC(c2nnc(N3CCN4CCC3CC4)o2)=C[SeH2]1. The van der Waals surface area contributed by atoms with E-state index in [1.54, 1.807) is 0 Å². The van der Waals surface area contributed by atoms with Crippen LogP contribution in [0.5, 0.6) is 0 Å². The van der Waals surface area contributed by atoms with E-state index < -0.39 is 0 Å². The normalized spacial score (nSPS) is 31.8. The predicted molar refractivity (Wildman–Crippen MR) is 76.8 cm³/mol. The van der Waals surface area contributed by atoms with Crippen molar-refractivity contribution in [3.63, 3.8) is 0 Å². The summed E-state index contributed by atoms with van der Waals surface area (Å²) in [6.07, 6.45) is 4.54. The standard InChI is InChI=1S/C13H18N4OSe/c1-4-16-5-2-11(1)17(7-6-16)13-15-14-12(18-13)10-3-8-19-9-10/h3,8-9,11H,1-2,4-7,19H2. The molecule has 1 aromatic rings. The maximum absolute atomic E-state index is 5.90. The number of fused-ring (bicyclic) bond motifs is 4. The molecule has 0 radical (unpaired) electrons. The number of nitrogens with zero attached hydrogens (tertiary/aromatic N) is 4.